The summed E-state index contributed by atoms with van der Waals surface area (Å²) < 4.78 is 5.65. The Balaban J connectivity index is 1.80. The lowest BCUT2D eigenvalue weighted by atomic mass is 10.1. The Morgan fingerprint density at radius 3 is 2.78 bits per heavy atom. The lowest BCUT2D eigenvalue weighted by Crippen LogP contribution is -2.00. The van der Waals surface area contributed by atoms with E-state index in [4.69, 9.17) is 4.74 Å². The summed E-state index contributed by atoms with van der Waals surface area (Å²) in [4.78, 5) is 4.45. The third kappa shape index (κ3) is 2.62. The Morgan fingerprint density at radius 2 is 2.00 bits per heavy atom. The second-order valence-corrected chi connectivity index (χ2v) is 4.67. The second kappa shape index (κ2) is 4.69. The Labute approximate surface area is 106 Å². The summed E-state index contributed by atoms with van der Waals surface area (Å²) in [6, 6.07) is 12.8. The summed E-state index contributed by atoms with van der Waals surface area (Å²) >= 11 is 0. The first-order chi connectivity index (χ1) is 8.81. The number of hydrogen-bond donors (Lipinski definition) is 1. The van der Waals surface area contributed by atoms with Gasteiger partial charge in [0.25, 0.3) is 0 Å². The van der Waals surface area contributed by atoms with Gasteiger partial charge in [0, 0.05) is 11.6 Å². The Morgan fingerprint density at radius 1 is 1.17 bits per heavy atom. The first-order valence-corrected chi connectivity index (χ1v) is 6.20. The molecule has 3 heteroatoms. The molecule has 92 valence electrons. The zero-order valence-electron chi connectivity index (χ0n) is 10.0. The Bertz CT molecular complexity index is 550. The predicted molar refractivity (Wildman–Crippen MR) is 69.6 cm³/mol. The van der Waals surface area contributed by atoms with Crippen molar-refractivity contribution in [3.05, 3.63) is 42.5 Å². The number of phenols is 1. The average molecular weight is 241 g/mol. The van der Waals surface area contributed by atoms with Crippen LogP contribution in [-0.4, -0.2) is 16.7 Å². The number of pyridine rings is 1. The van der Waals surface area contributed by atoms with Crippen LogP contribution >= 0.6 is 0 Å². The Hall–Kier alpha value is -2.03. The van der Waals surface area contributed by atoms with Crippen LogP contribution in [0, 0.1) is 5.92 Å². The molecular weight excluding hydrogens is 226 g/mol. The van der Waals surface area contributed by atoms with Crippen LogP contribution in [0.15, 0.2) is 42.5 Å². The number of aromatic nitrogens is 1. The van der Waals surface area contributed by atoms with Crippen molar-refractivity contribution in [3.63, 3.8) is 0 Å². The SMILES string of the molecule is Oc1cccc(-c2cccc(OCC3CC3)n2)c1. The predicted octanol–water partition coefficient (Wildman–Crippen LogP) is 3.24. The molecule has 1 N–H and O–H groups in total. The number of nitrogens with zero attached hydrogens (tertiary/aromatic N) is 1. The van der Waals surface area contributed by atoms with Gasteiger partial charge in [-0.25, -0.2) is 4.98 Å². The van der Waals surface area contributed by atoms with Gasteiger partial charge in [-0.05, 0) is 37.0 Å². The van der Waals surface area contributed by atoms with E-state index in [1.54, 1.807) is 12.1 Å². The largest absolute Gasteiger partial charge is 0.508 e. The third-order valence-electron chi connectivity index (χ3n) is 3.03. The molecule has 1 aromatic heterocycles. The van der Waals surface area contributed by atoms with Crippen LogP contribution in [0.25, 0.3) is 11.3 Å². The maximum Gasteiger partial charge on any atom is 0.213 e. The number of aromatic hydroxyl groups is 1. The molecule has 0 radical (unpaired) electrons. The van der Waals surface area contributed by atoms with Crippen molar-refractivity contribution in [2.75, 3.05) is 6.61 Å². The highest BCUT2D eigenvalue weighted by Gasteiger charge is 2.22. The molecule has 18 heavy (non-hydrogen) atoms. The second-order valence-electron chi connectivity index (χ2n) is 4.67. The van der Waals surface area contributed by atoms with Crippen LogP contribution in [0.4, 0.5) is 0 Å². The van der Waals surface area contributed by atoms with Gasteiger partial charge in [0.15, 0.2) is 0 Å². The smallest absolute Gasteiger partial charge is 0.213 e. The molecule has 1 aliphatic carbocycles. The fourth-order valence-corrected chi connectivity index (χ4v) is 1.81. The minimum atomic E-state index is 0.249. The first-order valence-electron chi connectivity index (χ1n) is 6.20. The van der Waals surface area contributed by atoms with Crippen molar-refractivity contribution in [2.45, 2.75) is 12.8 Å². The van der Waals surface area contributed by atoms with Crippen LogP contribution < -0.4 is 4.74 Å². The van der Waals surface area contributed by atoms with Crippen LogP contribution in [0.2, 0.25) is 0 Å². The first kappa shape index (κ1) is 11.1. The lowest BCUT2D eigenvalue weighted by Gasteiger charge is -2.06. The maximum absolute atomic E-state index is 9.47. The molecule has 3 nitrogen and oxygen atoms in total. The Kier molecular flexibility index (Phi) is 2.89. The minimum absolute atomic E-state index is 0.249. The van der Waals surface area contributed by atoms with Crippen LogP contribution in [0.1, 0.15) is 12.8 Å². The zero-order chi connectivity index (χ0) is 12.4. The number of rotatable bonds is 4. The number of hydrogen-bond acceptors (Lipinski definition) is 3. The topological polar surface area (TPSA) is 42.4 Å². The van der Waals surface area contributed by atoms with E-state index in [1.165, 1.54) is 12.8 Å². The summed E-state index contributed by atoms with van der Waals surface area (Å²) in [6.45, 7) is 0.760. The number of phenolic OH excluding ortho intramolecular Hbond substituents is 1. The molecule has 0 atom stereocenters. The van der Waals surface area contributed by atoms with Crippen molar-refractivity contribution < 1.29 is 9.84 Å². The lowest BCUT2D eigenvalue weighted by molar-refractivity contribution is 0.289. The summed E-state index contributed by atoms with van der Waals surface area (Å²) in [5, 5.41) is 9.47. The van der Waals surface area contributed by atoms with Crippen molar-refractivity contribution in [1.82, 2.24) is 4.98 Å². The molecule has 1 fully saturated rings. The molecule has 0 unspecified atom stereocenters. The van der Waals surface area contributed by atoms with Crippen molar-refractivity contribution in [1.29, 1.82) is 0 Å². The summed E-state index contributed by atoms with van der Waals surface area (Å²) in [5.74, 6) is 1.62. The van der Waals surface area contributed by atoms with Gasteiger partial charge in [-0.3, -0.25) is 0 Å². The van der Waals surface area contributed by atoms with Crippen molar-refractivity contribution >= 4 is 0 Å². The van der Waals surface area contributed by atoms with E-state index >= 15 is 0 Å². The van der Waals surface area contributed by atoms with E-state index < -0.39 is 0 Å². The highest BCUT2D eigenvalue weighted by molar-refractivity contribution is 5.61. The van der Waals surface area contributed by atoms with Gasteiger partial charge >= 0.3 is 0 Å². The van der Waals surface area contributed by atoms with Crippen molar-refractivity contribution in [3.8, 4) is 22.9 Å². The molecule has 0 spiro atoms. The van der Waals surface area contributed by atoms with E-state index in [0.717, 1.165) is 23.8 Å². The number of ether oxygens (including phenoxy) is 1. The van der Waals surface area contributed by atoms with Gasteiger partial charge in [0.1, 0.15) is 5.75 Å². The molecule has 0 amide bonds. The van der Waals surface area contributed by atoms with E-state index in [-0.39, 0.29) is 5.75 Å². The van der Waals surface area contributed by atoms with Crippen LogP contribution in [0.3, 0.4) is 0 Å². The molecule has 1 saturated carbocycles. The summed E-state index contributed by atoms with van der Waals surface area (Å²) in [6.07, 6.45) is 2.54. The monoisotopic (exact) mass is 241 g/mol. The normalized spacial score (nSPS) is 14.4. The number of benzene rings is 1. The summed E-state index contributed by atoms with van der Waals surface area (Å²) in [7, 11) is 0. The zero-order valence-corrected chi connectivity index (χ0v) is 10.0. The van der Waals surface area contributed by atoms with Gasteiger partial charge in [0.05, 0.1) is 12.3 Å². The molecule has 0 aliphatic heterocycles. The molecule has 1 aliphatic rings. The maximum atomic E-state index is 9.47. The highest BCUT2D eigenvalue weighted by Crippen LogP contribution is 2.29. The quantitative estimate of drug-likeness (QED) is 0.893. The molecule has 1 heterocycles. The molecule has 0 bridgehead atoms. The standard InChI is InChI=1S/C15H15NO2/c17-13-4-1-3-12(9-13)14-5-2-6-15(16-14)18-10-11-7-8-11/h1-6,9,11,17H,7-8,10H2. The van der Waals surface area contributed by atoms with Gasteiger partial charge in [0.2, 0.25) is 5.88 Å². The fraction of sp³-hybridized carbons (Fsp3) is 0.267. The van der Waals surface area contributed by atoms with Crippen LogP contribution in [0.5, 0.6) is 11.6 Å². The van der Waals surface area contributed by atoms with E-state index in [0.29, 0.717) is 5.88 Å². The highest BCUT2D eigenvalue weighted by atomic mass is 16.5. The van der Waals surface area contributed by atoms with E-state index in [9.17, 15) is 5.11 Å². The summed E-state index contributed by atoms with van der Waals surface area (Å²) in [5.41, 5.74) is 1.71. The van der Waals surface area contributed by atoms with Gasteiger partial charge in [-0.1, -0.05) is 18.2 Å². The van der Waals surface area contributed by atoms with E-state index in [2.05, 4.69) is 4.98 Å². The van der Waals surface area contributed by atoms with Crippen LogP contribution in [-0.2, 0) is 0 Å². The van der Waals surface area contributed by atoms with Gasteiger partial charge in [-0.15, -0.1) is 0 Å². The third-order valence-corrected chi connectivity index (χ3v) is 3.03. The molecule has 0 saturated heterocycles. The average Bonchev–Trinajstić information content (AvgIpc) is 3.21. The van der Waals surface area contributed by atoms with E-state index in [1.807, 2.05) is 30.3 Å². The molecule has 2 aromatic rings. The fourth-order valence-electron chi connectivity index (χ4n) is 1.81. The van der Waals surface area contributed by atoms with Gasteiger partial charge in [-0.2, -0.15) is 0 Å². The molecular formula is C15H15NO2. The van der Waals surface area contributed by atoms with Gasteiger partial charge < -0.3 is 9.84 Å². The molecule has 1 aromatic carbocycles. The minimum Gasteiger partial charge on any atom is -0.508 e. The molecule has 3 rings (SSSR count). The van der Waals surface area contributed by atoms with Crippen molar-refractivity contribution in [2.24, 2.45) is 5.92 Å².